The van der Waals surface area contributed by atoms with Gasteiger partial charge >= 0.3 is 0 Å². The van der Waals surface area contributed by atoms with Crippen molar-refractivity contribution < 1.29 is 9.50 Å². The zero-order valence-electron chi connectivity index (χ0n) is 9.07. The van der Waals surface area contributed by atoms with E-state index in [1.54, 1.807) is 6.07 Å². The van der Waals surface area contributed by atoms with Gasteiger partial charge < -0.3 is 5.11 Å². The molecule has 0 heterocycles. The normalized spacial score (nSPS) is 10.4. The maximum Gasteiger partial charge on any atom is 0.126 e. The first kappa shape index (κ1) is 10.7. The summed E-state index contributed by atoms with van der Waals surface area (Å²) in [6, 6.07) is 12.0. The number of halogens is 1. The van der Waals surface area contributed by atoms with Gasteiger partial charge in [-0.1, -0.05) is 31.2 Å². The van der Waals surface area contributed by atoms with Crippen LogP contribution in [0.4, 0.5) is 4.39 Å². The van der Waals surface area contributed by atoms with Crippen molar-refractivity contribution in [3.63, 3.8) is 0 Å². The predicted octanol–water partition coefficient (Wildman–Crippen LogP) is 3.76. The van der Waals surface area contributed by atoms with Crippen LogP contribution in [0.25, 0.3) is 11.1 Å². The summed E-state index contributed by atoms with van der Waals surface area (Å²) in [5.74, 6) is -0.448. The smallest absolute Gasteiger partial charge is 0.126 e. The van der Waals surface area contributed by atoms with Crippen LogP contribution in [0.1, 0.15) is 12.5 Å². The number of aryl methyl sites for hydroxylation is 1. The molecule has 0 saturated heterocycles. The van der Waals surface area contributed by atoms with Crippen molar-refractivity contribution in [3.8, 4) is 16.9 Å². The first-order valence-corrected chi connectivity index (χ1v) is 5.28. The first-order chi connectivity index (χ1) is 7.70. The van der Waals surface area contributed by atoms with Crippen molar-refractivity contribution in [1.82, 2.24) is 0 Å². The molecule has 1 nitrogen and oxygen atoms in total. The van der Waals surface area contributed by atoms with Crippen molar-refractivity contribution in [2.45, 2.75) is 13.3 Å². The molecular weight excluding hydrogens is 203 g/mol. The number of rotatable bonds is 2. The Morgan fingerprint density at radius 1 is 1.06 bits per heavy atom. The van der Waals surface area contributed by atoms with E-state index in [1.165, 1.54) is 11.6 Å². The number of hydrogen-bond acceptors (Lipinski definition) is 1. The molecule has 0 amide bonds. The van der Waals surface area contributed by atoms with E-state index in [0.717, 1.165) is 18.1 Å². The molecule has 2 heteroatoms. The lowest BCUT2D eigenvalue weighted by Gasteiger charge is -2.05. The van der Waals surface area contributed by atoms with Gasteiger partial charge in [0, 0.05) is 11.6 Å². The number of phenols is 1. The second kappa shape index (κ2) is 4.35. The van der Waals surface area contributed by atoms with Gasteiger partial charge in [-0.25, -0.2) is 4.39 Å². The highest BCUT2D eigenvalue weighted by atomic mass is 19.1. The van der Waals surface area contributed by atoms with E-state index in [9.17, 15) is 9.50 Å². The third-order valence-electron chi connectivity index (χ3n) is 2.63. The Labute approximate surface area is 94.2 Å². The van der Waals surface area contributed by atoms with Gasteiger partial charge in [0.1, 0.15) is 11.6 Å². The quantitative estimate of drug-likeness (QED) is 0.810. The van der Waals surface area contributed by atoms with Gasteiger partial charge in [0.2, 0.25) is 0 Å². The lowest BCUT2D eigenvalue weighted by atomic mass is 10.0. The summed E-state index contributed by atoms with van der Waals surface area (Å²) < 4.78 is 12.8. The molecule has 2 rings (SSSR count). The van der Waals surface area contributed by atoms with Crippen molar-refractivity contribution in [3.05, 3.63) is 53.8 Å². The molecule has 0 radical (unpaired) electrons. The van der Waals surface area contributed by atoms with Crippen LogP contribution in [-0.4, -0.2) is 5.11 Å². The molecule has 0 aliphatic carbocycles. The summed E-state index contributed by atoms with van der Waals surface area (Å²) in [4.78, 5) is 0. The largest absolute Gasteiger partial charge is 0.507 e. The molecule has 0 aliphatic heterocycles. The van der Waals surface area contributed by atoms with Gasteiger partial charge in [0.05, 0.1) is 0 Å². The molecule has 0 unspecified atom stereocenters. The van der Waals surface area contributed by atoms with E-state index < -0.39 is 5.82 Å². The number of phenolic OH excluding ortho intramolecular Hbond substituents is 1. The van der Waals surface area contributed by atoms with Gasteiger partial charge in [-0.2, -0.15) is 0 Å². The van der Waals surface area contributed by atoms with Gasteiger partial charge in [-0.15, -0.1) is 0 Å². The topological polar surface area (TPSA) is 20.2 Å². The van der Waals surface area contributed by atoms with Crippen LogP contribution in [0.2, 0.25) is 0 Å². The Balaban J connectivity index is 2.42. The zero-order chi connectivity index (χ0) is 11.5. The third kappa shape index (κ3) is 2.06. The molecule has 0 atom stereocenters. The second-order valence-corrected chi connectivity index (χ2v) is 3.71. The SMILES string of the molecule is CCc1ccc(-c2ccc(F)cc2O)cc1. The van der Waals surface area contributed by atoms with Gasteiger partial charge in [0.25, 0.3) is 0 Å². The maximum absolute atomic E-state index is 12.8. The Hall–Kier alpha value is -1.83. The minimum atomic E-state index is -0.425. The van der Waals surface area contributed by atoms with E-state index in [1.807, 2.05) is 24.3 Å². The Bertz CT molecular complexity index is 489. The lowest BCUT2D eigenvalue weighted by molar-refractivity contribution is 0.471. The minimum Gasteiger partial charge on any atom is -0.507 e. The second-order valence-electron chi connectivity index (χ2n) is 3.71. The highest BCUT2D eigenvalue weighted by Crippen LogP contribution is 2.29. The van der Waals surface area contributed by atoms with Crippen LogP contribution in [0.5, 0.6) is 5.75 Å². The minimum absolute atomic E-state index is 0.0238. The standard InChI is InChI=1S/C14H13FO/c1-2-10-3-5-11(6-4-10)13-8-7-12(15)9-14(13)16/h3-9,16H,2H2,1H3. The molecule has 0 fully saturated rings. The van der Waals surface area contributed by atoms with Crippen LogP contribution in [0.15, 0.2) is 42.5 Å². The fourth-order valence-corrected chi connectivity index (χ4v) is 1.67. The molecular formula is C14H13FO. The fraction of sp³-hybridized carbons (Fsp3) is 0.143. The molecule has 0 aliphatic rings. The van der Waals surface area contributed by atoms with Crippen LogP contribution < -0.4 is 0 Å². The van der Waals surface area contributed by atoms with Crippen molar-refractivity contribution >= 4 is 0 Å². The summed E-state index contributed by atoms with van der Waals surface area (Å²) in [6.45, 7) is 2.09. The Kier molecular flexibility index (Phi) is 2.91. The van der Waals surface area contributed by atoms with E-state index in [2.05, 4.69) is 6.92 Å². The molecule has 1 N–H and O–H groups in total. The van der Waals surface area contributed by atoms with E-state index in [4.69, 9.17) is 0 Å². The third-order valence-corrected chi connectivity index (χ3v) is 2.63. The average Bonchev–Trinajstić information content (AvgIpc) is 2.29. The molecule has 0 spiro atoms. The number of aromatic hydroxyl groups is 1. The van der Waals surface area contributed by atoms with E-state index in [0.29, 0.717) is 5.56 Å². The monoisotopic (exact) mass is 216 g/mol. The molecule has 0 saturated carbocycles. The Morgan fingerprint density at radius 3 is 2.31 bits per heavy atom. The maximum atomic E-state index is 12.8. The highest BCUT2D eigenvalue weighted by molar-refractivity contribution is 5.70. The summed E-state index contributed by atoms with van der Waals surface area (Å²) in [7, 11) is 0. The summed E-state index contributed by atoms with van der Waals surface area (Å²) >= 11 is 0. The van der Waals surface area contributed by atoms with Gasteiger partial charge in [-0.3, -0.25) is 0 Å². The molecule has 0 bridgehead atoms. The number of benzene rings is 2. The van der Waals surface area contributed by atoms with Crippen LogP contribution in [-0.2, 0) is 6.42 Å². The highest BCUT2D eigenvalue weighted by Gasteiger charge is 2.04. The first-order valence-electron chi connectivity index (χ1n) is 5.28. The number of hydrogen-bond donors (Lipinski definition) is 1. The zero-order valence-corrected chi connectivity index (χ0v) is 9.07. The summed E-state index contributed by atoms with van der Waals surface area (Å²) in [5.41, 5.74) is 2.80. The van der Waals surface area contributed by atoms with Crippen molar-refractivity contribution in [2.24, 2.45) is 0 Å². The van der Waals surface area contributed by atoms with Crippen molar-refractivity contribution in [1.29, 1.82) is 0 Å². The fourth-order valence-electron chi connectivity index (χ4n) is 1.67. The van der Waals surface area contributed by atoms with Gasteiger partial charge in [0.15, 0.2) is 0 Å². The Morgan fingerprint density at radius 2 is 1.75 bits per heavy atom. The van der Waals surface area contributed by atoms with Crippen molar-refractivity contribution in [2.75, 3.05) is 0 Å². The van der Waals surface area contributed by atoms with Crippen LogP contribution in [0.3, 0.4) is 0 Å². The predicted molar refractivity (Wildman–Crippen MR) is 62.9 cm³/mol. The van der Waals surface area contributed by atoms with E-state index in [-0.39, 0.29) is 5.75 Å². The lowest BCUT2D eigenvalue weighted by Crippen LogP contribution is -1.83. The van der Waals surface area contributed by atoms with Gasteiger partial charge in [-0.05, 0) is 29.7 Å². The molecule has 2 aromatic rings. The molecule has 16 heavy (non-hydrogen) atoms. The molecule has 2 aromatic carbocycles. The molecule has 0 aromatic heterocycles. The molecule has 82 valence electrons. The average molecular weight is 216 g/mol. The summed E-state index contributed by atoms with van der Waals surface area (Å²) in [5, 5.41) is 9.63. The van der Waals surface area contributed by atoms with Crippen LogP contribution >= 0.6 is 0 Å². The summed E-state index contributed by atoms with van der Waals surface area (Å²) in [6.07, 6.45) is 0.982. The van der Waals surface area contributed by atoms with E-state index >= 15 is 0 Å². The van der Waals surface area contributed by atoms with Crippen LogP contribution in [0, 0.1) is 5.82 Å².